The minimum atomic E-state index is -0.184. The molecule has 1 heterocycles. The van der Waals surface area contributed by atoms with Crippen LogP contribution in [0.1, 0.15) is 46.0 Å². The van der Waals surface area contributed by atoms with Gasteiger partial charge in [0, 0.05) is 27.5 Å². The topological polar surface area (TPSA) is 37.4 Å². The molecule has 0 amide bonds. The highest BCUT2D eigenvalue weighted by atomic mass is 32.2. The van der Waals surface area contributed by atoms with Crippen LogP contribution >= 0.6 is 11.8 Å². The lowest BCUT2D eigenvalue weighted by Gasteiger charge is -2.33. The number of Topliss-reactive ketones (excluding diaryl/α,β-unsaturated/α-hetero) is 2. The van der Waals surface area contributed by atoms with Gasteiger partial charge in [0.2, 0.25) is 0 Å². The first-order valence-corrected chi connectivity index (χ1v) is 11.1. The molecule has 0 aromatic heterocycles. The van der Waals surface area contributed by atoms with Crippen molar-refractivity contribution >= 4 is 40.8 Å². The third-order valence-corrected chi connectivity index (χ3v) is 6.71. The lowest BCUT2D eigenvalue weighted by atomic mass is 10.1. The average Bonchev–Trinajstić information content (AvgIpc) is 3.01. The van der Waals surface area contributed by atoms with E-state index in [1.807, 2.05) is 6.07 Å². The smallest absolute Gasteiger partial charge is 0.197 e. The number of hydrogen-bond donors (Lipinski definition) is 0. The molecule has 3 aromatic rings. The van der Waals surface area contributed by atoms with E-state index in [1.54, 1.807) is 42.1 Å². The first-order valence-electron chi connectivity index (χ1n) is 10.3. The summed E-state index contributed by atoms with van der Waals surface area (Å²) in [6, 6.07) is 21.7. The van der Waals surface area contributed by atoms with Gasteiger partial charge in [0.15, 0.2) is 11.6 Å². The number of unbranched alkanes of at least 4 members (excludes halogenated alkanes) is 1. The number of rotatable bonds is 4. The molecule has 30 heavy (non-hydrogen) atoms. The Hall–Kier alpha value is -3.11. The fourth-order valence-electron chi connectivity index (χ4n) is 4.07. The van der Waals surface area contributed by atoms with Crippen molar-refractivity contribution in [2.45, 2.75) is 29.6 Å². The Morgan fingerprint density at radius 1 is 0.833 bits per heavy atom. The Labute approximate surface area is 180 Å². The molecule has 1 aliphatic heterocycles. The van der Waals surface area contributed by atoms with Gasteiger partial charge < -0.3 is 4.90 Å². The van der Waals surface area contributed by atoms with Gasteiger partial charge in [-0.25, -0.2) is 0 Å². The van der Waals surface area contributed by atoms with Gasteiger partial charge in [0.25, 0.3) is 0 Å². The minimum Gasteiger partial charge on any atom is -0.340 e. The number of anilines is 2. The number of carbonyl (C=O) groups is 2. The van der Waals surface area contributed by atoms with Crippen LogP contribution in [0.15, 0.2) is 82.1 Å². The summed E-state index contributed by atoms with van der Waals surface area (Å²) in [7, 11) is 0. The first-order chi connectivity index (χ1) is 14.7. The zero-order chi connectivity index (χ0) is 20.7. The molecule has 0 unspecified atom stereocenters. The van der Waals surface area contributed by atoms with Crippen molar-refractivity contribution < 1.29 is 9.59 Å². The molecule has 5 rings (SSSR count). The predicted molar refractivity (Wildman–Crippen MR) is 122 cm³/mol. The highest BCUT2D eigenvalue weighted by Gasteiger charge is 2.32. The normalized spacial score (nSPS) is 14.4. The average molecular weight is 412 g/mol. The molecule has 0 saturated heterocycles. The highest BCUT2D eigenvalue weighted by molar-refractivity contribution is 7.99. The standard InChI is InChI=1S/C26H21NO2S/c1-2-3-14-27-21-10-6-7-11-23(21)30-24-16-17(12-13-22(24)27)15-20-25(28)18-8-4-5-9-19(18)26(20)29/h4-13,15-16H,2-3,14H2,1H3. The molecule has 1 aliphatic carbocycles. The Kier molecular flexibility index (Phi) is 4.80. The van der Waals surface area contributed by atoms with Crippen LogP contribution in [0.5, 0.6) is 0 Å². The number of ketones is 2. The van der Waals surface area contributed by atoms with Gasteiger partial charge in [0.1, 0.15) is 0 Å². The van der Waals surface area contributed by atoms with Crippen molar-refractivity contribution in [3.05, 3.63) is 89.0 Å². The second kappa shape index (κ2) is 7.62. The summed E-state index contributed by atoms with van der Waals surface area (Å²) in [6.07, 6.45) is 3.99. The third-order valence-electron chi connectivity index (χ3n) is 5.60. The summed E-state index contributed by atoms with van der Waals surface area (Å²) in [5.74, 6) is -0.369. The van der Waals surface area contributed by atoms with Gasteiger partial charge in [-0.05, 0) is 42.3 Å². The number of para-hydroxylation sites is 1. The van der Waals surface area contributed by atoms with Crippen molar-refractivity contribution in [3.63, 3.8) is 0 Å². The fraction of sp³-hybridized carbons (Fsp3) is 0.154. The fourth-order valence-corrected chi connectivity index (χ4v) is 5.21. The molecule has 0 saturated carbocycles. The molecule has 0 radical (unpaired) electrons. The molecular formula is C26H21NO2S. The molecule has 2 aliphatic rings. The lowest BCUT2D eigenvalue weighted by molar-refractivity contribution is 0.0990. The number of allylic oxidation sites excluding steroid dienone is 1. The summed E-state index contributed by atoms with van der Waals surface area (Å²) in [6.45, 7) is 3.17. The van der Waals surface area contributed by atoms with E-state index in [0.717, 1.165) is 29.8 Å². The van der Waals surface area contributed by atoms with E-state index in [0.29, 0.717) is 11.1 Å². The summed E-state index contributed by atoms with van der Waals surface area (Å²) >= 11 is 1.74. The Bertz CT molecular complexity index is 1170. The largest absolute Gasteiger partial charge is 0.340 e. The SMILES string of the molecule is CCCCN1c2ccccc2Sc2cc(C=C3C(=O)c4ccccc4C3=O)ccc21. The van der Waals surface area contributed by atoms with Gasteiger partial charge in [-0.2, -0.15) is 0 Å². The third kappa shape index (κ3) is 3.08. The van der Waals surface area contributed by atoms with Crippen LogP contribution in [0.2, 0.25) is 0 Å². The van der Waals surface area contributed by atoms with Gasteiger partial charge in [-0.1, -0.05) is 67.6 Å². The van der Waals surface area contributed by atoms with Crippen LogP contribution in [0.3, 0.4) is 0 Å². The highest BCUT2D eigenvalue weighted by Crippen LogP contribution is 2.48. The molecule has 4 heteroatoms. The van der Waals surface area contributed by atoms with Crippen LogP contribution in [-0.4, -0.2) is 18.1 Å². The Morgan fingerprint density at radius 3 is 2.23 bits per heavy atom. The van der Waals surface area contributed by atoms with E-state index >= 15 is 0 Å². The van der Waals surface area contributed by atoms with E-state index < -0.39 is 0 Å². The number of fused-ring (bicyclic) bond motifs is 3. The van der Waals surface area contributed by atoms with Crippen molar-refractivity contribution in [3.8, 4) is 0 Å². The Morgan fingerprint density at radius 2 is 1.50 bits per heavy atom. The number of benzene rings is 3. The van der Waals surface area contributed by atoms with Crippen LogP contribution < -0.4 is 4.90 Å². The van der Waals surface area contributed by atoms with Gasteiger partial charge in [0.05, 0.1) is 16.9 Å². The summed E-state index contributed by atoms with van der Waals surface area (Å²) < 4.78 is 0. The van der Waals surface area contributed by atoms with Gasteiger partial charge >= 0.3 is 0 Å². The number of hydrogen-bond acceptors (Lipinski definition) is 4. The second-order valence-corrected chi connectivity index (χ2v) is 8.65. The van der Waals surface area contributed by atoms with Gasteiger partial charge in [-0.3, -0.25) is 9.59 Å². The van der Waals surface area contributed by atoms with Crippen LogP contribution in [0, 0.1) is 0 Å². The van der Waals surface area contributed by atoms with Crippen molar-refractivity contribution in [2.75, 3.05) is 11.4 Å². The molecule has 148 valence electrons. The molecule has 3 nitrogen and oxygen atoms in total. The van der Waals surface area contributed by atoms with Gasteiger partial charge in [-0.15, -0.1) is 0 Å². The van der Waals surface area contributed by atoms with Crippen molar-refractivity contribution in [1.82, 2.24) is 0 Å². The quantitative estimate of drug-likeness (QED) is 0.360. The minimum absolute atomic E-state index is 0.184. The zero-order valence-corrected chi connectivity index (χ0v) is 17.5. The number of nitrogens with zero attached hydrogens (tertiary/aromatic N) is 1. The van der Waals surface area contributed by atoms with Crippen LogP contribution in [0.4, 0.5) is 11.4 Å². The predicted octanol–water partition coefficient (Wildman–Crippen LogP) is 6.55. The van der Waals surface area contributed by atoms with E-state index in [9.17, 15) is 9.59 Å². The van der Waals surface area contributed by atoms with E-state index in [4.69, 9.17) is 0 Å². The maximum absolute atomic E-state index is 12.7. The molecule has 0 N–H and O–H groups in total. The lowest BCUT2D eigenvalue weighted by Crippen LogP contribution is -2.21. The maximum Gasteiger partial charge on any atom is 0.197 e. The molecule has 0 bridgehead atoms. The molecule has 0 fully saturated rings. The van der Waals surface area contributed by atoms with Crippen molar-refractivity contribution in [1.29, 1.82) is 0 Å². The van der Waals surface area contributed by atoms with E-state index in [-0.39, 0.29) is 17.1 Å². The summed E-state index contributed by atoms with van der Waals surface area (Å²) in [4.78, 5) is 30.2. The molecule has 3 aromatic carbocycles. The van der Waals surface area contributed by atoms with Crippen LogP contribution in [-0.2, 0) is 0 Å². The zero-order valence-electron chi connectivity index (χ0n) is 16.7. The van der Waals surface area contributed by atoms with E-state index in [1.165, 1.54) is 16.3 Å². The molecule has 0 spiro atoms. The van der Waals surface area contributed by atoms with Crippen LogP contribution in [0.25, 0.3) is 6.08 Å². The summed E-state index contributed by atoms with van der Waals surface area (Å²) in [5, 5.41) is 0. The van der Waals surface area contributed by atoms with Crippen molar-refractivity contribution in [2.24, 2.45) is 0 Å². The molecular weight excluding hydrogens is 390 g/mol. The Balaban J connectivity index is 1.53. The van der Waals surface area contributed by atoms with E-state index in [2.05, 4.69) is 48.2 Å². The monoisotopic (exact) mass is 411 g/mol. The summed E-state index contributed by atoms with van der Waals surface area (Å²) in [5.41, 5.74) is 4.55. The number of carbonyl (C=O) groups excluding carboxylic acids is 2. The second-order valence-electron chi connectivity index (χ2n) is 7.56. The maximum atomic E-state index is 12.7. The molecule has 0 atom stereocenters. The first kappa shape index (κ1) is 18.9.